The van der Waals surface area contributed by atoms with Gasteiger partial charge in [0.1, 0.15) is 28.4 Å². The van der Waals surface area contributed by atoms with E-state index in [0.29, 0.717) is 28.3 Å². The molecule has 7 heteroatoms. The van der Waals surface area contributed by atoms with Crippen molar-refractivity contribution in [3.8, 4) is 34.0 Å². The smallest absolute Gasteiger partial charge is 0.254 e. The van der Waals surface area contributed by atoms with Crippen molar-refractivity contribution in [2.75, 3.05) is 5.73 Å². The van der Waals surface area contributed by atoms with Crippen molar-refractivity contribution in [3.05, 3.63) is 90.6 Å². The number of hydrogen-bond donors (Lipinski definition) is 3. The van der Waals surface area contributed by atoms with Gasteiger partial charge in [-0.3, -0.25) is 4.79 Å². The van der Waals surface area contributed by atoms with Crippen LogP contribution in [0.25, 0.3) is 28.2 Å². The van der Waals surface area contributed by atoms with Crippen molar-refractivity contribution >= 4 is 17.2 Å². The summed E-state index contributed by atoms with van der Waals surface area (Å²) in [6.07, 6.45) is 1.81. The molecule has 0 aliphatic rings. The summed E-state index contributed by atoms with van der Waals surface area (Å²) in [5.74, 6) is 0.873. The largest absolute Gasteiger partial charge is 0.457 e. The standard InChI is InChI=1S/C24H19N5O2/c25-17-6-4-5-16(13-17)20-14-29-24(27-20)21(23(26)30)22(28-29)15-9-11-19(12-10-15)31-18-7-2-1-3-8-18/h1-14,27H,25H2,(H2,26,30). The molecule has 0 radical (unpaired) electrons. The lowest BCUT2D eigenvalue weighted by molar-refractivity contribution is 0.100. The quantitative estimate of drug-likeness (QED) is 0.372. The third kappa shape index (κ3) is 3.49. The number of nitrogens with two attached hydrogens (primary N) is 2. The van der Waals surface area contributed by atoms with Gasteiger partial charge < -0.3 is 21.2 Å². The molecule has 7 nitrogen and oxygen atoms in total. The second kappa shape index (κ2) is 7.38. The van der Waals surface area contributed by atoms with E-state index in [1.54, 1.807) is 4.52 Å². The molecule has 5 aromatic rings. The molecule has 0 unspecified atom stereocenters. The Bertz CT molecular complexity index is 1390. The van der Waals surface area contributed by atoms with E-state index in [4.69, 9.17) is 16.2 Å². The number of aromatic amines is 1. The van der Waals surface area contributed by atoms with Crippen LogP contribution in [-0.2, 0) is 0 Å². The predicted molar refractivity (Wildman–Crippen MR) is 120 cm³/mol. The molecule has 152 valence electrons. The highest BCUT2D eigenvalue weighted by Crippen LogP contribution is 2.30. The Balaban J connectivity index is 1.51. The SMILES string of the molecule is NC(=O)c1c(-c2ccc(Oc3ccccc3)cc2)nn2cc(-c3cccc(N)c3)[nH]c12. The maximum Gasteiger partial charge on any atom is 0.254 e. The van der Waals surface area contributed by atoms with E-state index < -0.39 is 5.91 Å². The highest BCUT2D eigenvalue weighted by atomic mass is 16.5. The molecule has 3 aromatic carbocycles. The fourth-order valence-corrected chi connectivity index (χ4v) is 3.52. The van der Waals surface area contributed by atoms with E-state index in [1.807, 2.05) is 85.1 Å². The molecule has 2 aromatic heterocycles. The molecule has 0 bridgehead atoms. The number of nitrogens with zero attached hydrogens (tertiary/aromatic N) is 2. The number of ether oxygens (including phenoxy) is 1. The summed E-state index contributed by atoms with van der Waals surface area (Å²) in [4.78, 5) is 15.5. The third-order valence-electron chi connectivity index (χ3n) is 4.97. The molecule has 31 heavy (non-hydrogen) atoms. The fourth-order valence-electron chi connectivity index (χ4n) is 3.52. The van der Waals surface area contributed by atoms with Crippen LogP contribution < -0.4 is 16.2 Å². The van der Waals surface area contributed by atoms with Gasteiger partial charge in [-0.05, 0) is 48.5 Å². The number of imidazole rings is 1. The molecule has 5 rings (SSSR count). The molecule has 2 heterocycles. The maximum atomic E-state index is 12.3. The molecule has 0 aliphatic heterocycles. The Morgan fingerprint density at radius 2 is 1.65 bits per heavy atom. The van der Waals surface area contributed by atoms with E-state index >= 15 is 0 Å². The topological polar surface area (TPSA) is 111 Å². The number of nitrogen functional groups attached to an aromatic ring is 1. The number of para-hydroxylation sites is 1. The van der Waals surface area contributed by atoms with Crippen LogP contribution in [0.2, 0.25) is 0 Å². The fraction of sp³-hybridized carbons (Fsp3) is 0. The molecule has 5 N–H and O–H groups in total. The summed E-state index contributed by atoms with van der Waals surface area (Å²) in [6.45, 7) is 0. The summed E-state index contributed by atoms with van der Waals surface area (Å²) in [5.41, 5.74) is 16.0. The zero-order valence-corrected chi connectivity index (χ0v) is 16.4. The van der Waals surface area contributed by atoms with E-state index in [9.17, 15) is 4.79 Å². The van der Waals surface area contributed by atoms with E-state index in [2.05, 4.69) is 10.1 Å². The normalized spacial score (nSPS) is 11.0. The van der Waals surface area contributed by atoms with Gasteiger partial charge in [0.2, 0.25) is 0 Å². The Kier molecular flexibility index (Phi) is 4.41. The minimum atomic E-state index is -0.560. The number of primary amides is 1. The number of hydrogen-bond acceptors (Lipinski definition) is 4. The number of nitrogens with one attached hydrogen (secondary N) is 1. The maximum absolute atomic E-state index is 12.3. The zero-order chi connectivity index (χ0) is 21.4. The molecule has 0 saturated carbocycles. The molecular formula is C24H19N5O2. The van der Waals surface area contributed by atoms with Crippen LogP contribution in [0.15, 0.2) is 85.1 Å². The lowest BCUT2D eigenvalue weighted by Crippen LogP contribution is -2.12. The van der Waals surface area contributed by atoms with E-state index in [-0.39, 0.29) is 0 Å². The van der Waals surface area contributed by atoms with Crippen molar-refractivity contribution in [1.29, 1.82) is 0 Å². The van der Waals surface area contributed by atoms with Gasteiger partial charge in [0.25, 0.3) is 5.91 Å². The van der Waals surface area contributed by atoms with Crippen LogP contribution in [0.4, 0.5) is 5.69 Å². The van der Waals surface area contributed by atoms with E-state index in [0.717, 1.165) is 22.6 Å². The van der Waals surface area contributed by atoms with Crippen LogP contribution in [0.1, 0.15) is 10.4 Å². The number of amides is 1. The van der Waals surface area contributed by atoms with Gasteiger partial charge in [0.15, 0.2) is 0 Å². The van der Waals surface area contributed by atoms with Gasteiger partial charge in [-0.25, -0.2) is 4.52 Å². The van der Waals surface area contributed by atoms with Gasteiger partial charge in [-0.2, -0.15) is 5.10 Å². The molecule has 0 atom stereocenters. The van der Waals surface area contributed by atoms with Gasteiger partial charge >= 0.3 is 0 Å². The number of fused-ring (bicyclic) bond motifs is 1. The summed E-state index contributed by atoms with van der Waals surface area (Å²) >= 11 is 0. The molecular weight excluding hydrogens is 390 g/mol. The number of carbonyl (C=O) groups is 1. The number of anilines is 1. The molecule has 0 fully saturated rings. The van der Waals surface area contributed by atoms with Gasteiger partial charge in [-0.15, -0.1) is 0 Å². The molecule has 0 spiro atoms. The van der Waals surface area contributed by atoms with Crippen molar-refractivity contribution in [2.24, 2.45) is 5.73 Å². The Labute approximate surface area is 177 Å². The number of carbonyl (C=O) groups excluding carboxylic acids is 1. The predicted octanol–water partition coefficient (Wildman–Crippen LogP) is 4.47. The highest BCUT2D eigenvalue weighted by Gasteiger charge is 2.21. The second-order valence-corrected chi connectivity index (χ2v) is 7.11. The number of H-pyrrole nitrogens is 1. The first-order valence-corrected chi connectivity index (χ1v) is 9.69. The summed E-state index contributed by atoms with van der Waals surface area (Å²) < 4.78 is 7.46. The molecule has 0 aliphatic carbocycles. The minimum Gasteiger partial charge on any atom is -0.457 e. The first-order chi connectivity index (χ1) is 15.1. The summed E-state index contributed by atoms with van der Waals surface area (Å²) in [7, 11) is 0. The van der Waals surface area contributed by atoms with Crippen LogP contribution in [0.5, 0.6) is 11.5 Å². The Morgan fingerprint density at radius 1 is 0.903 bits per heavy atom. The van der Waals surface area contributed by atoms with Crippen LogP contribution >= 0.6 is 0 Å². The first kappa shape index (κ1) is 18.5. The average Bonchev–Trinajstić information content (AvgIpc) is 3.33. The van der Waals surface area contributed by atoms with Crippen molar-refractivity contribution in [1.82, 2.24) is 14.6 Å². The van der Waals surface area contributed by atoms with Crippen LogP contribution in [-0.4, -0.2) is 20.5 Å². The number of aromatic nitrogens is 3. The van der Waals surface area contributed by atoms with Crippen molar-refractivity contribution in [2.45, 2.75) is 0 Å². The summed E-state index contributed by atoms with van der Waals surface area (Å²) in [5, 5.41) is 4.60. The first-order valence-electron chi connectivity index (χ1n) is 9.69. The van der Waals surface area contributed by atoms with Gasteiger partial charge in [0.05, 0.1) is 11.9 Å². The lowest BCUT2D eigenvalue weighted by Gasteiger charge is -2.06. The van der Waals surface area contributed by atoms with Crippen molar-refractivity contribution < 1.29 is 9.53 Å². The Hall–Kier alpha value is -4.52. The van der Waals surface area contributed by atoms with Crippen LogP contribution in [0, 0.1) is 0 Å². The Morgan fingerprint density at radius 3 is 2.35 bits per heavy atom. The van der Waals surface area contributed by atoms with Gasteiger partial charge in [-0.1, -0.05) is 30.3 Å². The zero-order valence-electron chi connectivity index (χ0n) is 16.4. The lowest BCUT2D eigenvalue weighted by atomic mass is 10.1. The minimum absolute atomic E-state index is 0.326. The van der Waals surface area contributed by atoms with Gasteiger partial charge in [0, 0.05) is 16.8 Å². The highest BCUT2D eigenvalue weighted by molar-refractivity contribution is 6.05. The molecule has 1 amide bonds. The monoisotopic (exact) mass is 409 g/mol. The van der Waals surface area contributed by atoms with Crippen molar-refractivity contribution in [3.63, 3.8) is 0 Å². The average molecular weight is 409 g/mol. The van der Waals surface area contributed by atoms with E-state index in [1.165, 1.54) is 0 Å². The number of benzene rings is 3. The molecule has 0 saturated heterocycles. The number of rotatable bonds is 5. The summed E-state index contributed by atoms with van der Waals surface area (Å²) in [6, 6.07) is 24.4. The third-order valence-corrected chi connectivity index (χ3v) is 4.97. The second-order valence-electron chi connectivity index (χ2n) is 7.11. The van der Waals surface area contributed by atoms with Crippen LogP contribution in [0.3, 0.4) is 0 Å².